The van der Waals surface area contributed by atoms with Crippen LogP contribution in [0.1, 0.15) is 24.1 Å². The lowest BCUT2D eigenvalue weighted by Gasteiger charge is -2.36. The average molecular weight is 403 g/mol. The van der Waals surface area contributed by atoms with E-state index in [1.807, 2.05) is 0 Å². The second kappa shape index (κ2) is 10.1. The van der Waals surface area contributed by atoms with Crippen molar-refractivity contribution in [2.24, 2.45) is 16.8 Å². The van der Waals surface area contributed by atoms with Gasteiger partial charge in [0.2, 0.25) is 0 Å². The minimum Gasteiger partial charge on any atom is -0.469 e. The molecular formula is C22H34N4O3. The number of likely N-dealkylation sites (tertiary alicyclic amines) is 1. The number of nitrogens with zero attached hydrogens (tertiary/aromatic N) is 3. The topological polar surface area (TPSA) is 66.4 Å². The van der Waals surface area contributed by atoms with E-state index in [0.29, 0.717) is 6.54 Å². The minimum atomic E-state index is -0.138. The molecular weight excluding hydrogens is 368 g/mol. The molecule has 0 saturated carbocycles. The quantitative estimate of drug-likeness (QED) is 0.459. The van der Waals surface area contributed by atoms with E-state index in [-0.39, 0.29) is 23.8 Å². The summed E-state index contributed by atoms with van der Waals surface area (Å²) in [6, 6.07) is 8.95. The number of esters is 1. The highest BCUT2D eigenvalue weighted by Gasteiger charge is 2.37. The van der Waals surface area contributed by atoms with Crippen LogP contribution in [0.25, 0.3) is 0 Å². The number of hydrogen-bond donors (Lipinski definition) is 1. The molecule has 0 spiro atoms. The summed E-state index contributed by atoms with van der Waals surface area (Å²) >= 11 is 0. The fourth-order valence-electron chi connectivity index (χ4n) is 4.34. The summed E-state index contributed by atoms with van der Waals surface area (Å²) in [4.78, 5) is 21.2. The summed E-state index contributed by atoms with van der Waals surface area (Å²) in [5, 5.41) is 3.57. The number of hydrogen-bond acceptors (Lipinski definition) is 5. The van der Waals surface area contributed by atoms with Gasteiger partial charge in [-0.3, -0.25) is 14.7 Å². The van der Waals surface area contributed by atoms with E-state index < -0.39 is 0 Å². The van der Waals surface area contributed by atoms with Crippen LogP contribution < -0.4 is 5.32 Å². The molecule has 1 N–H and O–H groups in total. The fourth-order valence-corrected chi connectivity index (χ4v) is 4.34. The molecule has 3 atom stereocenters. The Morgan fingerprint density at radius 2 is 2.10 bits per heavy atom. The van der Waals surface area contributed by atoms with E-state index in [2.05, 4.69) is 58.2 Å². The van der Waals surface area contributed by atoms with Gasteiger partial charge in [-0.2, -0.15) is 0 Å². The van der Waals surface area contributed by atoms with Gasteiger partial charge in [0.1, 0.15) is 0 Å². The smallest absolute Gasteiger partial charge is 0.310 e. The Hall–Kier alpha value is -2.12. The molecule has 2 aliphatic heterocycles. The summed E-state index contributed by atoms with van der Waals surface area (Å²) in [5.74, 6) is 0.841. The third-order valence-electron chi connectivity index (χ3n) is 5.99. The summed E-state index contributed by atoms with van der Waals surface area (Å²) in [7, 11) is 3.26. The molecule has 1 aromatic rings. The molecule has 0 aliphatic carbocycles. The van der Waals surface area contributed by atoms with Crippen molar-refractivity contribution in [2.75, 3.05) is 60.1 Å². The molecule has 2 fully saturated rings. The van der Waals surface area contributed by atoms with Crippen molar-refractivity contribution < 1.29 is 14.3 Å². The standard InChI is InChI=1S/C22H34N4O3/c1-16-6-5-7-18(12-16)20(25-8-10-29-11-9-25)13-24-22(23-3)26-14-17(2)19(15-26)21(27)28-4/h5-7,12,17,19-20H,8-11,13-15H2,1-4H3,(H,23,24). The Balaban J connectivity index is 1.70. The van der Waals surface area contributed by atoms with E-state index in [4.69, 9.17) is 9.47 Å². The number of aliphatic imine (C=N–C) groups is 1. The number of guanidine groups is 1. The number of aryl methyl sites for hydroxylation is 1. The third-order valence-corrected chi connectivity index (χ3v) is 5.99. The van der Waals surface area contributed by atoms with Gasteiger partial charge < -0.3 is 19.7 Å². The van der Waals surface area contributed by atoms with Crippen LogP contribution in [0.2, 0.25) is 0 Å². The highest BCUT2D eigenvalue weighted by Crippen LogP contribution is 2.25. The van der Waals surface area contributed by atoms with Crippen LogP contribution in [0.15, 0.2) is 29.3 Å². The van der Waals surface area contributed by atoms with E-state index in [9.17, 15) is 4.79 Å². The maximum absolute atomic E-state index is 12.0. The Morgan fingerprint density at radius 1 is 1.34 bits per heavy atom. The largest absolute Gasteiger partial charge is 0.469 e. The Morgan fingerprint density at radius 3 is 2.76 bits per heavy atom. The molecule has 0 aromatic heterocycles. The molecule has 7 heteroatoms. The highest BCUT2D eigenvalue weighted by molar-refractivity contribution is 5.82. The van der Waals surface area contributed by atoms with Gasteiger partial charge in [0.25, 0.3) is 0 Å². The minimum absolute atomic E-state index is 0.106. The molecule has 2 saturated heterocycles. The molecule has 29 heavy (non-hydrogen) atoms. The zero-order valence-corrected chi connectivity index (χ0v) is 18.1. The van der Waals surface area contributed by atoms with Gasteiger partial charge in [0, 0.05) is 39.8 Å². The van der Waals surface area contributed by atoms with Crippen molar-refractivity contribution in [2.45, 2.75) is 19.9 Å². The maximum atomic E-state index is 12.0. The van der Waals surface area contributed by atoms with Crippen LogP contribution in [-0.4, -0.2) is 81.8 Å². The Kier molecular flexibility index (Phi) is 7.50. The van der Waals surface area contributed by atoms with E-state index in [0.717, 1.165) is 45.4 Å². The number of methoxy groups -OCH3 is 1. The van der Waals surface area contributed by atoms with E-state index >= 15 is 0 Å². The van der Waals surface area contributed by atoms with Gasteiger partial charge in [0.05, 0.1) is 32.3 Å². The second-order valence-electron chi connectivity index (χ2n) is 8.02. The zero-order valence-electron chi connectivity index (χ0n) is 18.1. The first-order valence-corrected chi connectivity index (χ1v) is 10.4. The van der Waals surface area contributed by atoms with Crippen LogP contribution in [0.5, 0.6) is 0 Å². The van der Waals surface area contributed by atoms with Crippen molar-refractivity contribution in [3.63, 3.8) is 0 Å². The number of rotatable bonds is 5. The maximum Gasteiger partial charge on any atom is 0.310 e. The van der Waals surface area contributed by atoms with Crippen LogP contribution in [0.4, 0.5) is 0 Å². The number of morpholine rings is 1. The monoisotopic (exact) mass is 402 g/mol. The van der Waals surface area contributed by atoms with Crippen molar-refractivity contribution >= 4 is 11.9 Å². The van der Waals surface area contributed by atoms with Crippen LogP contribution >= 0.6 is 0 Å². The summed E-state index contributed by atoms with van der Waals surface area (Å²) in [6.07, 6.45) is 0. The molecule has 3 rings (SSSR count). The lowest BCUT2D eigenvalue weighted by Crippen LogP contribution is -2.47. The van der Waals surface area contributed by atoms with Gasteiger partial charge in [-0.05, 0) is 18.4 Å². The lowest BCUT2D eigenvalue weighted by molar-refractivity contribution is -0.145. The molecule has 2 aliphatic rings. The molecule has 2 heterocycles. The molecule has 0 amide bonds. The van der Waals surface area contributed by atoms with Crippen LogP contribution in [0.3, 0.4) is 0 Å². The van der Waals surface area contributed by atoms with Crippen LogP contribution in [-0.2, 0) is 14.3 Å². The Bertz CT molecular complexity index is 718. The lowest BCUT2D eigenvalue weighted by atomic mass is 9.99. The highest BCUT2D eigenvalue weighted by atomic mass is 16.5. The van der Waals surface area contributed by atoms with E-state index in [1.54, 1.807) is 7.05 Å². The predicted octanol–water partition coefficient (Wildman–Crippen LogP) is 1.68. The zero-order chi connectivity index (χ0) is 20.8. The van der Waals surface area contributed by atoms with Gasteiger partial charge >= 0.3 is 5.97 Å². The first kappa shape index (κ1) is 21.6. The first-order chi connectivity index (χ1) is 14.0. The SMILES string of the molecule is CN=C(NCC(c1cccc(C)c1)N1CCOCC1)N1CC(C)C(C(=O)OC)C1. The van der Waals surface area contributed by atoms with E-state index in [1.165, 1.54) is 18.2 Å². The van der Waals surface area contributed by atoms with Gasteiger partial charge in [-0.1, -0.05) is 36.8 Å². The second-order valence-corrected chi connectivity index (χ2v) is 8.02. The third kappa shape index (κ3) is 5.28. The summed E-state index contributed by atoms with van der Waals surface area (Å²) in [6.45, 7) is 9.79. The van der Waals surface area contributed by atoms with Crippen molar-refractivity contribution in [3.05, 3.63) is 35.4 Å². The van der Waals surface area contributed by atoms with Gasteiger partial charge in [-0.15, -0.1) is 0 Å². The van der Waals surface area contributed by atoms with Crippen LogP contribution in [0, 0.1) is 18.8 Å². The van der Waals surface area contributed by atoms with Crippen molar-refractivity contribution in [1.82, 2.24) is 15.1 Å². The fraction of sp³-hybridized carbons (Fsp3) is 0.636. The average Bonchev–Trinajstić information content (AvgIpc) is 3.12. The van der Waals surface area contributed by atoms with Crippen molar-refractivity contribution in [1.29, 1.82) is 0 Å². The molecule has 0 radical (unpaired) electrons. The predicted molar refractivity (Wildman–Crippen MR) is 114 cm³/mol. The number of nitrogens with one attached hydrogen (secondary N) is 1. The van der Waals surface area contributed by atoms with Gasteiger partial charge in [0.15, 0.2) is 5.96 Å². The number of carbonyl (C=O) groups excluding carboxylic acids is 1. The summed E-state index contributed by atoms with van der Waals surface area (Å²) < 4.78 is 10.5. The number of carbonyl (C=O) groups is 1. The Labute approximate surface area is 174 Å². The molecule has 3 unspecified atom stereocenters. The molecule has 1 aromatic carbocycles. The number of ether oxygens (including phenoxy) is 2. The first-order valence-electron chi connectivity index (χ1n) is 10.4. The molecule has 160 valence electrons. The normalized spacial score (nSPS) is 24.4. The molecule has 0 bridgehead atoms. The van der Waals surface area contributed by atoms with Gasteiger partial charge in [-0.25, -0.2) is 0 Å². The number of benzene rings is 1. The summed E-state index contributed by atoms with van der Waals surface area (Å²) in [5.41, 5.74) is 2.57. The molecule has 7 nitrogen and oxygen atoms in total. The van der Waals surface area contributed by atoms with Crippen molar-refractivity contribution in [3.8, 4) is 0 Å².